The van der Waals surface area contributed by atoms with Crippen molar-refractivity contribution in [1.29, 1.82) is 0 Å². The van der Waals surface area contributed by atoms with Crippen LogP contribution in [0.1, 0.15) is 39.9 Å². The molecule has 0 radical (unpaired) electrons. The van der Waals surface area contributed by atoms with Crippen LogP contribution < -0.4 is 4.90 Å². The maximum atomic E-state index is 13.2. The molecule has 0 spiro atoms. The van der Waals surface area contributed by atoms with Crippen molar-refractivity contribution in [1.82, 2.24) is 14.9 Å². The first-order valence-corrected chi connectivity index (χ1v) is 12.1. The van der Waals surface area contributed by atoms with Gasteiger partial charge < -0.3 is 9.80 Å². The number of piperazine rings is 1. The van der Waals surface area contributed by atoms with Crippen molar-refractivity contribution < 1.29 is 4.79 Å². The normalized spacial score (nSPS) is 13.9. The van der Waals surface area contributed by atoms with E-state index in [1.807, 2.05) is 48.2 Å². The van der Waals surface area contributed by atoms with Crippen LogP contribution in [0.25, 0.3) is 10.8 Å². The summed E-state index contributed by atoms with van der Waals surface area (Å²) >= 11 is 0. The van der Waals surface area contributed by atoms with Crippen molar-refractivity contribution in [3.63, 3.8) is 0 Å². The Bertz CT molecular complexity index is 1310. The second kappa shape index (κ2) is 9.64. The molecule has 1 amide bonds. The van der Waals surface area contributed by atoms with Gasteiger partial charge in [-0.05, 0) is 41.8 Å². The molecular formula is C29H30N4O. The highest BCUT2D eigenvalue weighted by atomic mass is 16.2. The van der Waals surface area contributed by atoms with E-state index >= 15 is 0 Å². The van der Waals surface area contributed by atoms with Gasteiger partial charge in [-0.2, -0.15) is 0 Å². The van der Waals surface area contributed by atoms with Crippen LogP contribution in [0.4, 0.5) is 5.82 Å². The van der Waals surface area contributed by atoms with Crippen LogP contribution in [-0.4, -0.2) is 47.0 Å². The minimum absolute atomic E-state index is 0.100. The molecule has 0 aliphatic carbocycles. The number of aromatic nitrogens is 2. The van der Waals surface area contributed by atoms with E-state index in [0.29, 0.717) is 13.1 Å². The largest absolute Gasteiger partial charge is 0.353 e. The fraction of sp³-hybridized carbons (Fsp3) is 0.276. The molecule has 1 aliphatic rings. The molecule has 4 aromatic rings. The molecule has 0 atom stereocenters. The molecule has 0 saturated carbocycles. The van der Waals surface area contributed by atoms with E-state index in [1.54, 1.807) is 0 Å². The molecule has 1 aromatic heterocycles. The Kier molecular flexibility index (Phi) is 6.26. The van der Waals surface area contributed by atoms with Gasteiger partial charge in [0.25, 0.3) is 5.91 Å². The highest BCUT2D eigenvalue weighted by molar-refractivity contribution is 5.98. The number of benzene rings is 3. The molecule has 5 heteroatoms. The summed E-state index contributed by atoms with van der Waals surface area (Å²) in [6.07, 6.45) is 1.69. The lowest BCUT2D eigenvalue weighted by atomic mass is 10.0. The molecule has 0 unspecified atom stereocenters. The number of fused-ring (bicyclic) bond motifs is 1. The van der Waals surface area contributed by atoms with Gasteiger partial charge in [0, 0.05) is 49.4 Å². The second-order valence-electron chi connectivity index (χ2n) is 8.88. The average molecular weight is 451 g/mol. The van der Waals surface area contributed by atoms with Gasteiger partial charge in [-0.15, -0.1) is 0 Å². The third kappa shape index (κ3) is 4.51. The zero-order valence-electron chi connectivity index (χ0n) is 19.9. The lowest BCUT2D eigenvalue weighted by Crippen LogP contribution is -2.49. The maximum Gasteiger partial charge on any atom is 0.253 e. The summed E-state index contributed by atoms with van der Waals surface area (Å²) in [4.78, 5) is 27.1. The minimum atomic E-state index is 0.100. The van der Waals surface area contributed by atoms with E-state index < -0.39 is 0 Å². The third-order valence-corrected chi connectivity index (χ3v) is 6.60. The zero-order valence-corrected chi connectivity index (χ0v) is 19.9. The predicted molar refractivity (Wildman–Crippen MR) is 137 cm³/mol. The SMILES string of the molecule is CCc1nc(C)nc(N2CCN(C(=O)c3ccc4ccccc4c3)CC2)c1Cc1ccccc1. The number of amides is 1. The van der Waals surface area contributed by atoms with E-state index in [0.717, 1.165) is 59.6 Å². The Morgan fingerprint density at radius 2 is 1.56 bits per heavy atom. The van der Waals surface area contributed by atoms with Crippen LogP contribution in [0.5, 0.6) is 0 Å². The Labute approximate surface area is 201 Å². The summed E-state index contributed by atoms with van der Waals surface area (Å²) in [6, 6.07) is 24.6. The maximum absolute atomic E-state index is 13.2. The lowest BCUT2D eigenvalue weighted by molar-refractivity contribution is 0.0746. The van der Waals surface area contributed by atoms with Crippen molar-refractivity contribution in [2.45, 2.75) is 26.7 Å². The monoisotopic (exact) mass is 450 g/mol. The molecule has 3 aromatic carbocycles. The van der Waals surface area contributed by atoms with Gasteiger partial charge in [-0.1, -0.05) is 67.6 Å². The molecule has 0 bridgehead atoms. The smallest absolute Gasteiger partial charge is 0.253 e. The number of anilines is 1. The first kappa shape index (κ1) is 22.1. The number of hydrogen-bond donors (Lipinski definition) is 0. The second-order valence-corrected chi connectivity index (χ2v) is 8.88. The zero-order chi connectivity index (χ0) is 23.5. The van der Waals surface area contributed by atoms with Gasteiger partial charge in [0.15, 0.2) is 0 Å². The Hall–Kier alpha value is -3.73. The molecule has 5 rings (SSSR count). The molecule has 1 saturated heterocycles. The van der Waals surface area contributed by atoms with Crippen molar-refractivity contribution >= 4 is 22.5 Å². The van der Waals surface area contributed by atoms with Gasteiger partial charge in [0.2, 0.25) is 0 Å². The van der Waals surface area contributed by atoms with Crippen LogP contribution in [0.15, 0.2) is 72.8 Å². The van der Waals surface area contributed by atoms with Crippen molar-refractivity contribution in [2.75, 3.05) is 31.1 Å². The Balaban J connectivity index is 1.35. The first-order valence-electron chi connectivity index (χ1n) is 12.1. The summed E-state index contributed by atoms with van der Waals surface area (Å²) < 4.78 is 0. The van der Waals surface area contributed by atoms with Gasteiger partial charge in [-0.25, -0.2) is 9.97 Å². The number of hydrogen-bond acceptors (Lipinski definition) is 4. The Morgan fingerprint density at radius 1 is 0.853 bits per heavy atom. The number of rotatable bonds is 5. The number of carbonyl (C=O) groups is 1. The van der Waals surface area contributed by atoms with Crippen LogP contribution in [0.3, 0.4) is 0 Å². The molecule has 172 valence electrons. The summed E-state index contributed by atoms with van der Waals surface area (Å²) in [6.45, 7) is 7.01. The fourth-order valence-electron chi connectivity index (χ4n) is 4.80. The topological polar surface area (TPSA) is 49.3 Å². The van der Waals surface area contributed by atoms with Gasteiger partial charge in [0.1, 0.15) is 11.6 Å². The van der Waals surface area contributed by atoms with Crippen LogP contribution in [0.2, 0.25) is 0 Å². The van der Waals surface area contributed by atoms with E-state index in [4.69, 9.17) is 9.97 Å². The van der Waals surface area contributed by atoms with E-state index in [2.05, 4.69) is 48.2 Å². The first-order chi connectivity index (χ1) is 16.6. The van der Waals surface area contributed by atoms with Gasteiger partial charge >= 0.3 is 0 Å². The molecule has 0 N–H and O–H groups in total. The number of carbonyl (C=O) groups excluding carboxylic acids is 1. The van der Waals surface area contributed by atoms with E-state index in [1.165, 1.54) is 11.1 Å². The third-order valence-electron chi connectivity index (χ3n) is 6.60. The standard InChI is InChI=1S/C29H30N4O/c1-3-27-26(19-22-9-5-4-6-10-22)28(31-21(2)30-27)32-15-17-33(18-16-32)29(34)25-14-13-23-11-7-8-12-24(23)20-25/h4-14,20H,3,15-19H2,1-2H3. The fourth-order valence-corrected chi connectivity index (χ4v) is 4.80. The quantitative estimate of drug-likeness (QED) is 0.427. The molecular weight excluding hydrogens is 420 g/mol. The van der Waals surface area contributed by atoms with Crippen LogP contribution in [-0.2, 0) is 12.8 Å². The Morgan fingerprint density at radius 3 is 2.29 bits per heavy atom. The highest BCUT2D eigenvalue weighted by Gasteiger charge is 2.26. The number of nitrogens with zero attached hydrogens (tertiary/aromatic N) is 4. The lowest BCUT2D eigenvalue weighted by Gasteiger charge is -2.36. The van der Waals surface area contributed by atoms with Crippen LogP contribution >= 0.6 is 0 Å². The summed E-state index contributed by atoms with van der Waals surface area (Å²) in [5, 5.41) is 2.25. The van der Waals surface area contributed by atoms with Gasteiger partial charge in [-0.3, -0.25) is 4.79 Å². The number of aryl methyl sites for hydroxylation is 2. The van der Waals surface area contributed by atoms with Crippen molar-refractivity contribution in [2.24, 2.45) is 0 Å². The van der Waals surface area contributed by atoms with Crippen LogP contribution in [0, 0.1) is 6.92 Å². The van der Waals surface area contributed by atoms with E-state index in [9.17, 15) is 4.79 Å². The van der Waals surface area contributed by atoms with Crippen molar-refractivity contribution in [3.05, 3.63) is 101 Å². The molecule has 5 nitrogen and oxygen atoms in total. The minimum Gasteiger partial charge on any atom is -0.353 e. The molecule has 1 aliphatic heterocycles. The molecule has 1 fully saturated rings. The van der Waals surface area contributed by atoms with E-state index in [-0.39, 0.29) is 5.91 Å². The average Bonchev–Trinajstić information content (AvgIpc) is 2.89. The summed E-state index contributed by atoms with van der Waals surface area (Å²) in [5.74, 6) is 1.92. The highest BCUT2D eigenvalue weighted by Crippen LogP contribution is 2.26. The predicted octanol–water partition coefficient (Wildman–Crippen LogP) is 5.05. The summed E-state index contributed by atoms with van der Waals surface area (Å²) in [7, 11) is 0. The summed E-state index contributed by atoms with van der Waals surface area (Å²) in [5.41, 5.74) is 4.33. The van der Waals surface area contributed by atoms with Crippen molar-refractivity contribution in [3.8, 4) is 0 Å². The van der Waals surface area contributed by atoms with Gasteiger partial charge in [0.05, 0.1) is 0 Å². The molecule has 2 heterocycles. The molecule has 34 heavy (non-hydrogen) atoms.